The van der Waals surface area contributed by atoms with E-state index in [9.17, 15) is 19.5 Å². The van der Waals surface area contributed by atoms with Crippen LogP contribution < -0.4 is 5.11 Å². The molecule has 9 nitrogen and oxygen atoms in total. The number of carboxylic acids is 1. The lowest BCUT2D eigenvalue weighted by Gasteiger charge is -2.26. The molecule has 0 bridgehead atoms. The summed E-state index contributed by atoms with van der Waals surface area (Å²) in [6.07, 6.45) is 66.9. The third-order valence-corrected chi connectivity index (χ3v) is 13.2. The van der Waals surface area contributed by atoms with Gasteiger partial charge in [0.1, 0.15) is 13.2 Å². The molecule has 73 heavy (non-hydrogen) atoms. The second kappa shape index (κ2) is 55.2. The maximum atomic E-state index is 12.9. The summed E-state index contributed by atoms with van der Waals surface area (Å²) in [5.41, 5.74) is 0. The summed E-state index contributed by atoms with van der Waals surface area (Å²) in [5, 5.41) is 11.8. The largest absolute Gasteiger partial charge is 0.545 e. The molecular weight excluding hydrogens is 911 g/mol. The molecule has 0 fully saturated rings. The number of esters is 2. The zero-order valence-electron chi connectivity index (χ0n) is 48.3. The molecule has 0 aliphatic heterocycles. The van der Waals surface area contributed by atoms with Crippen molar-refractivity contribution < 1.29 is 42.9 Å². The minimum atomic E-state index is -1.62. The lowest BCUT2D eigenvalue weighted by Crippen LogP contribution is -2.44. The molecule has 0 aromatic carbocycles. The van der Waals surface area contributed by atoms with Gasteiger partial charge in [-0.15, -0.1) is 0 Å². The van der Waals surface area contributed by atoms with E-state index in [2.05, 4.69) is 74.6 Å². The predicted molar refractivity (Wildman–Crippen MR) is 306 cm³/mol. The van der Waals surface area contributed by atoms with Gasteiger partial charge in [-0.25, -0.2) is 0 Å². The van der Waals surface area contributed by atoms with Crippen LogP contribution >= 0.6 is 0 Å². The van der Waals surface area contributed by atoms with Gasteiger partial charge in [0.15, 0.2) is 12.4 Å². The van der Waals surface area contributed by atoms with E-state index in [0.29, 0.717) is 17.4 Å². The molecule has 0 rings (SSSR count). The molecule has 0 aromatic heterocycles. The van der Waals surface area contributed by atoms with E-state index in [0.717, 1.165) is 64.2 Å². The van der Waals surface area contributed by atoms with Gasteiger partial charge < -0.3 is 33.3 Å². The SMILES string of the molecule is CCCCCCC/C=C\C/C=C\C/C=C\CCCCCCCCCCCCC(=O)OC(COC(=O)CCCCCCCCCCCCC/C=C\C/C=C\CCCCCCC)COC(OCC[N+](C)(C)C)C(=O)[O-]. The topological polar surface area (TPSA) is 111 Å². The first-order valence-electron chi connectivity index (χ1n) is 30.4. The number of rotatable bonds is 56. The van der Waals surface area contributed by atoms with Crippen LogP contribution in [-0.2, 0) is 33.3 Å². The molecular formula is C64H115NO8. The van der Waals surface area contributed by atoms with Gasteiger partial charge in [0, 0.05) is 12.8 Å². The van der Waals surface area contributed by atoms with E-state index >= 15 is 0 Å². The molecule has 0 saturated heterocycles. The number of carboxylic acid groups (broad SMARTS) is 1. The number of likely N-dealkylation sites (N-methyl/N-ethyl adjacent to an activating group) is 1. The van der Waals surface area contributed by atoms with Crippen LogP contribution in [0.3, 0.4) is 0 Å². The summed E-state index contributed by atoms with van der Waals surface area (Å²) in [6, 6.07) is 0. The van der Waals surface area contributed by atoms with Crippen molar-refractivity contribution in [2.75, 3.05) is 47.5 Å². The molecule has 0 aromatic rings. The van der Waals surface area contributed by atoms with Gasteiger partial charge in [-0.05, 0) is 83.5 Å². The van der Waals surface area contributed by atoms with Crippen molar-refractivity contribution in [2.24, 2.45) is 0 Å². The molecule has 0 aliphatic rings. The molecule has 2 atom stereocenters. The minimum Gasteiger partial charge on any atom is -0.545 e. The van der Waals surface area contributed by atoms with Crippen molar-refractivity contribution in [3.63, 3.8) is 0 Å². The Labute approximate surface area is 450 Å². The highest BCUT2D eigenvalue weighted by Gasteiger charge is 2.22. The molecule has 0 radical (unpaired) electrons. The Kier molecular flexibility index (Phi) is 53.0. The van der Waals surface area contributed by atoms with Crippen molar-refractivity contribution >= 4 is 17.9 Å². The number of aliphatic carboxylic acids is 1. The van der Waals surface area contributed by atoms with E-state index in [-0.39, 0.29) is 38.6 Å². The third-order valence-electron chi connectivity index (χ3n) is 13.2. The molecule has 0 heterocycles. The predicted octanol–water partition coefficient (Wildman–Crippen LogP) is 16.7. The average Bonchev–Trinajstić information content (AvgIpc) is 3.36. The Hall–Kier alpha value is -3.01. The van der Waals surface area contributed by atoms with Crippen molar-refractivity contribution in [3.05, 3.63) is 60.8 Å². The van der Waals surface area contributed by atoms with Gasteiger partial charge in [-0.2, -0.15) is 0 Å². The molecule has 0 N–H and O–H groups in total. The van der Waals surface area contributed by atoms with E-state index in [4.69, 9.17) is 18.9 Å². The lowest BCUT2D eigenvalue weighted by molar-refractivity contribution is -0.870. The van der Waals surface area contributed by atoms with Crippen molar-refractivity contribution in [2.45, 2.75) is 283 Å². The standard InChI is InChI=1S/C64H115NO8/c1-6-8-10-12-14-16-18-20-22-24-26-28-30-31-33-35-37-39-41-43-45-47-49-51-53-55-62(67)73-60(59-72-64(63(68)69)70-57-56-65(3,4)5)58-71-61(66)54-52-50-48-46-44-42-40-38-36-34-32-29-27-25-23-21-19-17-15-13-11-9-7-2/h18-21,24-27,30-31,60,64H,6-17,22-23,28-29,32-59H2,1-5H3/b20-18-,21-19-,26-24-,27-25-,31-30-. The van der Waals surface area contributed by atoms with Crippen LogP contribution in [0.2, 0.25) is 0 Å². The normalized spacial score (nSPS) is 13.2. The lowest BCUT2D eigenvalue weighted by atomic mass is 10.0. The van der Waals surface area contributed by atoms with Crippen molar-refractivity contribution in [3.8, 4) is 0 Å². The summed E-state index contributed by atoms with van der Waals surface area (Å²) >= 11 is 0. The smallest absolute Gasteiger partial charge is 0.306 e. The van der Waals surface area contributed by atoms with Gasteiger partial charge in [-0.3, -0.25) is 9.59 Å². The average molecular weight is 1030 g/mol. The number of carbonyl (C=O) groups excluding carboxylic acids is 3. The van der Waals surface area contributed by atoms with Crippen LogP contribution in [0.4, 0.5) is 0 Å². The van der Waals surface area contributed by atoms with E-state index in [1.807, 2.05) is 21.1 Å². The fourth-order valence-corrected chi connectivity index (χ4v) is 8.52. The maximum Gasteiger partial charge on any atom is 0.306 e. The molecule has 2 unspecified atom stereocenters. The number of carbonyl (C=O) groups is 3. The summed E-state index contributed by atoms with van der Waals surface area (Å²) in [6.45, 7) is 4.74. The molecule has 0 spiro atoms. The van der Waals surface area contributed by atoms with E-state index in [1.54, 1.807) is 0 Å². The van der Waals surface area contributed by atoms with E-state index in [1.165, 1.54) is 173 Å². The van der Waals surface area contributed by atoms with Crippen LogP contribution in [0, 0.1) is 0 Å². The summed E-state index contributed by atoms with van der Waals surface area (Å²) in [5.74, 6) is -2.28. The number of ether oxygens (including phenoxy) is 4. The molecule has 424 valence electrons. The summed E-state index contributed by atoms with van der Waals surface area (Å²) in [7, 11) is 5.92. The Morgan fingerprint density at radius 1 is 0.411 bits per heavy atom. The van der Waals surface area contributed by atoms with Gasteiger partial charge in [-0.1, -0.05) is 235 Å². The number of allylic oxidation sites excluding steroid dienone is 10. The van der Waals surface area contributed by atoms with E-state index < -0.39 is 24.3 Å². The zero-order chi connectivity index (χ0) is 53.4. The Bertz CT molecular complexity index is 1380. The van der Waals surface area contributed by atoms with Gasteiger partial charge in [0.25, 0.3) is 0 Å². The third kappa shape index (κ3) is 56.6. The van der Waals surface area contributed by atoms with Crippen molar-refractivity contribution in [1.82, 2.24) is 0 Å². The number of quaternary nitrogens is 1. The van der Waals surface area contributed by atoms with Gasteiger partial charge >= 0.3 is 11.9 Å². The van der Waals surface area contributed by atoms with Gasteiger partial charge in [0.2, 0.25) is 0 Å². The highest BCUT2D eigenvalue weighted by molar-refractivity contribution is 5.70. The Morgan fingerprint density at radius 3 is 1.10 bits per heavy atom. The first-order valence-corrected chi connectivity index (χ1v) is 30.4. The number of hydrogen-bond acceptors (Lipinski definition) is 8. The fraction of sp³-hybridized carbons (Fsp3) is 0.797. The second-order valence-corrected chi connectivity index (χ2v) is 21.6. The monoisotopic (exact) mass is 1030 g/mol. The number of unbranched alkanes of at least 4 members (excludes halogenated alkanes) is 31. The zero-order valence-corrected chi connectivity index (χ0v) is 48.3. The molecule has 0 aliphatic carbocycles. The summed E-state index contributed by atoms with van der Waals surface area (Å²) in [4.78, 5) is 37.3. The fourth-order valence-electron chi connectivity index (χ4n) is 8.52. The Balaban J connectivity index is 4.24. The van der Waals surface area contributed by atoms with Crippen LogP contribution in [0.5, 0.6) is 0 Å². The second-order valence-electron chi connectivity index (χ2n) is 21.6. The quantitative estimate of drug-likeness (QED) is 0.0195. The van der Waals surface area contributed by atoms with Gasteiger partial charge in [0.05, 0.1) is 40.3 Å². The Morgan fingerprint density at radius 2 is 0.740 bits per heavy atom. The molecule has 0 saturated carbocycles. The number of nitrogens with zero attached hydrogens (tertiary/aromatic N) is 1. The highest BCUT2D eigenvalue weighted by Crippen LogP contribution is 2.16. The van der Waals surface area contributed by atoms with Crippen LogP contribution in [0.1, 0.15) is 271 Å². The van der Waals surface area contributed by atoms with Crippen LogP contribution in [0.15, 0.2) is 60.8 Å². The van der Waals surface area contributed by atoms with Crippen LogP contribution in [0.25, 0.3) is 0 Å². The minimum absolute atomic E-state index is 0.145. The molecule has 9 heteroatoms. The van der Waals surface area contributed by atoms with Crippen molar-refractivity contribution in [1.29, 1.82) is 0 Å². The highest BCUT2D eigenvalue weighted by atomic mass is 16.7. The molecule has 0 amide bonds. The number of hydrogen-bond donors (Lipinski definition) is 0. The maximum absolute atomic E-state index is 12.9. The summed E-state index contributed by atoms with van der Waals surface area (Å²) < 4.78 is 22.7. The first-order chi connectivity index (χ1) is 35.6. The first kappa shape index (κ1) is 70.0. The van der Waals surface area contributed by atoms with Crippen LogP contribution in [-0.4, -0.2) is 82.3 Å².